The highest BCUT2D eigenvalue weighted by Gasteiger charge is 2.15. The lowest BCUT2D eigenvalue weighted by Crippen LogP contribution is -2.24. The summed E-state index contributed by atoms with van der Waals surface area (Å²) >= 11 is 1.15. The van der Waals surface area contributed by atoms with E-state index in [-0.39, 0.29) is 10.1 Å². The predicted molar refractivity (Wildman–Crippen MR) is 115 cm³/mol. The number of carbonyl (C=O) groups is 1. The Morgan fingerprint density at radius 1 is 1.07 bits per heavy atom. The van der Waals surface area contributed by atoms with E-state index in [4.69, 9.17) is 4.74 Å². The van der Waals surface area contributed by atoms with E-state index < -0.39 is 10.0 Å². The molecule has 0 saturated carbocycles. The van der Waals surface area contributed by atoms with Gasteiger partial charge in [-0.3, -0.25) is 9.52 Å². The van der Waals surface area contributed by atoms with Gasteiger partial charge < -0.3 is 10.1 Å². The van der Waals surface area contributed by atoms with Crippen molar-refractivity contribution in [3.63, 3.8) is 0 Å². The molecule has 0 bridgehead atoms. The van der Waals surface area contributed by atoms with E-state index >= 15 is 0 Å². The molecule has 1 heterocycles. The Morgan fingerprint density at radius 2 is 1.86 bits per heavy atom. The first-order valence-corrected chi connectivity index (χ1v) is 11.4. The summed E-state index contributed by atoms with van der Waals surface area (Å²) in [5, 5.41) is 4.59. The van der Waals surface area contributed by atoms with Crippen LogP contribution in [0.2, 0.25) is 0 Å². The average molecular weight is 431 g/mol. The summed E-state index contributed by atoms with van der Waals surface area (Å²) < 4.78 is 32.4. The molecule has 0 saturated heterocycles. The Balaban J connectivity index is 1.48. The van der Waals surface area contributed by atoms with Crippen molar-refractivity contribution < 1.29 is 17.9 Å². The Bertz CT molecular complexity index is 1050. The summed E-state index contributed by atoms with van der Waals surface area (Å²) in [6.45, 7) is 0.544. The molecule has 0 spiro atoms. The van der Waals surface area contributed by atoms with Crippen LogP contribution in [0.4, 0.5) is 5.69 Å². The highest BCUT2D eigenvalue weighted by atomic mass is 32.2. The Hall–Kier alpha value is -2.84. The molecule has 2 aromatic carbocycles. The zero-order chi connectivity index (χ0) is 20.7. The number of nitrogens with one attached hydrogen (secondary N) is 2. The van der Waals surface area contributed by atoms with Crippen molar-refractivity contribution in [1.82, 2.24) is 5.32 Å². The second-order valence-electron chi connectivity index (χ2n) is 6.33. The molecule has 1 aromatic heterocycles. The fourth-order valence-corrected chi connectivity index (χ4v) is 4.79. The standard InChI is InChI=1S/C21H22N2O4S2/c1-27-19-7-2-5-16(15-19)6-3-13-22-21(24)17-9-11-18(12-10-17)23-29(25,26)20-8-4-14-28-20/h2,4-5,7-12,14-15,23H,3,6,13H2,1H3,(H,22,24). The fraction of sp³-hybridized carbons (Fsp3) is 0.190. The number of hydrogen-bond acceptors (Lipinski definition) is 5. The topological polar surface area (TPSA) is 84.5 Å². The van der Waals surface area contributed by atoms with Crippen LogP contribution < -0.4 is 14.8 Å². The van der Waals surface area contributed by atoms with Gasteiger partial charge in [0.1, 0.15) is 9.96 Å². The molecule has 0 radical (unpaired) electrons. The van der Waals surface area contributed by atoms with Crippen LogP contribution in [-0.4, -0.2) is 28.0 Å². The van der Waals surface area contributed by atoms with Crippen LogP contribution in [0.25, 0.3) is 0 Å². The minimum atomic E-state index is -3.59. The van der Waals surface area contributed by atoms with Crippen molar-refractivity contribution in [2.45, 2.75) is 17.1 Å². The molecular formula is C21H22N2O4S2. The highest BCUT2D eigenvalue weighted by molar-refractivity contribution is 7.94. The number of ether oxygens (including phenoxy) is 1. The van der Waals surface area contributed by atoms with Crippen LogP contribution >= 0.6 is 11.3 Å². The van der Waals surface area contributed by atoms with Gasteiger partial charge in [-0.1, -0.05) is 18.2 Å². The first kappa shape index (κ1) is 20.9. The Kier molecular flexibility index (Phi) is 6.90. The lowest BCUT2D eigenvalue weighted by atomic mass is 10.1. The van der Waals surface area contributed by atoms with Gasteiger partial charge in [-0.05, 0) is 66.2 Å². The van der Waals surface area contributed by atoms with Crippen molar-refractivity contribution >= 4 is 33.0 Å². The van der Waals surface area contributed by atoms with Crippen molar-refractivity contribution in [3.8, 4) is 5.75 Å². The second kappa shape index (κ2) is 9.58. The number of thiophene rings is 1. The van der Waals surface area contributed by atoms with E-state index in [0.717, 1.165) is 35.5 Å². The highest BCUT2D eigenvalue weighted by Crippen LogP contribution is 2.20. The van der Waals surface area contributed by atoms with Gasteiger partial charge in [0.25, 0.3) is 15.9 Å². The molecule has 152 valence electrons. The third-order valence-electron chi connectivity index (χ3n) is 4.22. The van der Waals surface area contributed by atoms with Gasteiger partial charge in [0, 0.05) is 17.8 Å². The molecule has 0 fully saturated rings. The molecule has 2 N–H and O–H groups in total. The minimum absolute atomic E-state index is 0.191. The van der Waals surface area contributed by atoms with Gasteiger partial charge in [0.15, 0.2) is 0 Å². The second-order valence-corrected chi connectivity index (χ2v) is 9.18. The molecule has 0 aliphatic carbocycles. The molecule has 29 heavy (non-hydrogen) atoms. The van der Waals surface area contributed by atoms with E-state index in [9.17, 15) is 13.2 Å². The number of sulfonamides is 1. The monoisotopic (exact) mass is 430 g/mol. The number of hydrogen-bond donors (Lipinski definition) is 2. The van der Waals surface area contributed by atoms with Crippen molar-refractivity contribution in [2.75, 3.05) is 18.4 Å². The van der Waals surface area contributed by atoms with Crippen LogP contribution in [0.15, 0.2) is 70.3 Å². The number of methoxy groups -OCH3 is 1. The van der Waals surface area contributed by atoms with Crippen LogP contribution in [-0.2, 0) is 16.4 Å². The molecule has 0 aliphatic heterocycles. The molecule has 3 aromatic rings. The smallest absolute Gasteiger partial charge is 0.271 e. The molecule has 6 nitrogen and oxygen atoms in total. The van der Waals surface area contributed by atoms with Gasteiger partial charge in [-0.15, -0.1) is 11.3 Å². The summed E-state index contributed by atoms with van der Waals surface area (Å²) in [4.78, 5) is 12.3. The van der Waals surface area contributed by atoms with Gasteiger partial charge in [0.05, 0.1) is 7.11 Å². The predicted octanol–water partition coefficient (Wildman–Crippen LogP) is 3.92. The molecule has 0 aliphatic rings. The summed E-state index contributed by atoms with van der Waals surface area (Å²) in [6, 6.07) is 17.4. The molecular weight excluding hydrogens is 408 g/mol. The van der Waals surface area contributed by atoms with E-state index in [0.29, 0.717) is 17.8 Å². The zero-order valence-corrected chi connectivity index (χ0v) is 17.6. The number of amides is 1. The molecule has 1 amide bonds. The van der Waals surface area contributed by atoms with Gasteiger partial charge >= 0.3 is 0 Å². The Labute approximate surface area is 174 Å². The lowest BCUT2D eigenvalue weighted by molar-refractivity contribution is 0.0953. The number of rotatable bonds is 9. The van der Waals surface area contributed by atoms with Gasteiger partial charge in [-0.25, -0.2) is 8.42 Å². The van der Waals surface area contributed by atoms with Crippen molar-refractivity contribution in [3.05, 3.63) is 77.2 Å². The lowest BCUT2D eigenvalue weighted by Gasteiger charge is -2.09. The average Bonchev–Trinajstić information content (AvgIpc) is 3.27. The first-order valence-electron chi connectivity index (χ1n) is 9.05. The third kappa shape index (κ3) is 5.82. The Morgan fingerprint density at radius 3 is 2.55 bits per heavy atom. The minimum Gasteiger partial charge on any atom is -0.497 e. The number of benzene rings is 2. The first-order chi connectivity index (χ1) is 14.0. The zero-order valence-electron chi connectivity index (χ0n) is 15.9. The maximum absolute atomic E-state index is 12.3. The van der Waals surface area contributed by atoms with Crippen molar-refractivity contribution in [2.24, 2.45) is 0 Å². The summed E-state index contributed by atoms with van der Waals surface area (Å²) in [5.41, 5.74) is 2.04. The van der Waals surface area contributed by atoms with Crippen LogP contribution in [0.3, 0.4) is 0 Å². The third-order valence-corrected chi connectivity index (χ3v) is 7.00. The largest absolute Gasteiger partial charge is 0.497 e. The number of carbonyl (C=O) groups excluding carboxylic acids is 1. The van der Waals surface area contributed by atoms with Crippen LogP contribution in [0, 0.1) is 0 Å². The number of anilines is 1. The van der Waals surface area contributed by atoms with Crippen LogP contribution in [0.1, 0.15) is 22.3 Å². The van der Waals surface area contributed by atoms with Gasteiger partial charge in [-0.2, -0.15) is 0 Å². The van der Waals surface area contributed by atoms with Gasteiger partial charge in [0.2, 0.25) is 0 Å². The summed E-state index contributed by atoms with van der Waals surface area (Å²) in [7, 11) is -1.96. The van der Waals surface area contributed by atoms with E-state index in [1.165, 1.54) is 0 Å². The number of aryl methyl sites for hydroxylation is 1. The summed E-state index contributed by atoms with van der Waals surface area (Å²) in [5.74, 6) is 0.629. The normalized spacial score (nSPS) is 11.1. The molecule has 0 unspecified atom stereocenters. The maximum Gasteiger partial charge on any atom is 0.271 e. The van der Waals surface area contributed by atoms with E-state index in [2.05, 4.69) is 10.0 Å². The van der Waals surface area contributed by atoms with Crippen molar-refractivity contribution in [1.29, 1.82) is 0 Å². The van der Waals surface area contributed by atoms with Crippen LogP contribution in [0.5, 0.6) is 5.75 Å². The SMILES string of the molecule is COc1cccc(CCCNC(=O)c2ccc(NS(=O)(=O)c3cccs3)cc2)c1. The molecule has 0 atom stereocenters. The maximum atomic E-state index is 12.3. The molecule has 8 heteroatoms. The fourth-order valence-electron chi connectivity index (χ4n) is 2.74. The van der Waals surface area contributed by atoms with E-state index in [1.807, 2.05) is 24.3 Å². The molecule has 3 rings (SSSR count). The van der Waals surface area contributed by atoms with E-state index in [1.54, 1.807) is 48.9 Å². The quantitative estimate of drug-likeness (QED) is 0.504. The summed E-state index contributed by atoms with van der Waals surface area (Å²) in [6.07, 6.45) is 1.64.